The van der Waals surface area contributed by atoms with Crippen molar-refractivity contribution in [1.82, 2.24) is 15.0 Å². The first kappa shape index (κ1) is 17.8. The third-order valence-electron chi connectivity index (χ3n) is 3.89. The number of amides is 1. The third kappa shape index (κ3) is 3.80. The molecule has 0 atom stereocenters. The van der Waals surface area contributed by atoms with E-state index in [1.54, 1.807) is 37.3 Å². The fourth-order valence-corrected chi connectivity index (χ4v) is 2.51. The van der Waals surface area contributed by atoms with Crippen molar-refractivity contribution in [3.05, 3.63) is 75.6 Å². The smallest absolute Gasteiger partial charge is 0.278 e. The number of benzene rings is 2. The number of nitriles is 1. The topological polar surface area (TPSA) is 127 Å². The average molecular weight is 362 g/mol. The number of nitrogens with zero attached hydrogens (tertiary/aromatic N) is 5. The summed E-state index contributed by atoms with van der Waals surface area (Å²) < 4.78 is 1.37. The van der Waals surface area contributed by atoms with Crippen LogP contribution in [0, 0.1) is 28.4 Å². The van der Waals surface area contributed by atoms with Crippen LogP contribution in [-0.4, -0.2) is 25.8 Å². The maximum Gasteiger partial charge on any atom is 0.278 e. The SMILES string of the molecule is Cc1c(C(=O)Nc2ccc(CC#N)cc2)nnn1-c1cccc([N+](=O)[O-])c1. The van der Waals surface area contributed by atoms with Gasteiger partial charge in [-0.1, -0.05) is 23.4 Å². The lowest BCUT2D eigenvalue weighted by Crippen LogP contribution is -2.14. The minimum Gasteiger partial charge on any atom is -0.321 e. The molecule has 1 heterocycles. The van der Waals surface area contributed by atoms with Crippen LogP contribution in [0.4, 0.5) is 11.4 Å². The number of rotatable bonds is 5. The molecule has 2 aromatic carbocycles. The molecule has 3 rings (SSSR count). The number of non-ortho nitro benzene ring substituents is 1. The predicted molar refractivity (Wildman–Crippen MR) is 96.5 cm³/mol. The van der Waals surface area contributed by atoms with E-state index >= 15 is 0 Å². The van der Waals surface area contributed by atoms with Crippen LogP contribution in [-0.2, 0) is 6.42 Å². The Kier molecular flexibility index (Phi) is 4.90. The number of hydrogen-bond donors (Lipinski definition) is 1. The van der Waals surface area contributed by atoms with Gasteiger partial charge in [0.15, 0.2) is 5.69 Å². The molecular formula is C18H14N6O3. The molecule has 0 aliphatic rings. The quantitative estimate of drug-likeness (QED) is 0.549. The zero-order valence-electron chi connectivity index (χ0n) is 14.3. The molecule has 0 aliphatic heterocycles. The Balaban J connectivity index is 1.82. The maximum absolute atomic E-state index is 12.5. The number of nitrogens with one attached hydrogen (secondary N) is 1. The lowest BCUT2D eigenvalue weighted by molar-refractivity contribution is -0.384. The first-order chi connectivity index (χ1) is 13.0. The molecule has 0 spiro atoms. The summed E-state index contributed by atoms with van der Waals surface area (Å²) in [7, 11) is 0. The molecule has 0 bridgehead atoms. The minimum atomic E-state index is -0.501. The number of nitro benzene ring substituents is 1. The highest BCUT2D eigenvalue weighted by Crippen LogP contribution is 2.19. The monoisotopic (exact) mass is 362 g/mol. The van der Waals surface area contributed by atoms with Gasteiger partial charge in [-0.3, -0.25) is 14.9 Å². The Morgan fingerprint density at radius 3 is 2.70 bits per heavy atom. The van der Waals surface area contributed by atoms with Gasteiger partial charge in [0, 0.05) is 17.8 Å². The van der Waals surface area contributed by atoms with Crippen LogP contribution in [0.2, 0.25) is 0 Å². The van der Waals surface area contributed by atoms with Crippen LogP contribution in [0.5, 0.6) is 0 Å². The zero-order valence-corrected chi connectivity index (χ0v) is 14.3. The number of carbonyl (C=O) groups is 1. The van der Waals surface area contributed by atoms with Gasteiger partial charge in [-0.25, -0.2) is 4.68 Å². The number of carbonyl (C=O) groups excluding carboxylic acids is 1. The fraction of sp³-hybridized carbons (Fsp3) is 0.111. The van der Waals surface area contributed by atoms with Gasteiger partial charge in [0.25, 0.3) is 11.6 Å². The second-order valence-corrected chi connectivity index (χ2v) is 5.70. The van der Waals surface area contributed by atoms with E-state index in [4.69, 9.17) is 5.26 Å². The summed E-state index contributed by atoms with van der Waals surface area (Å²) >= 11 is 0. The van der Waals surface area contributed by atoms with Gasteiger partial charge >= 0.3 is 0 Å². The second-order valence-electron chi connectivity index (χ2n) is 5.70. The van der Waals surface area contributed by atoms with Crippen LogP contribution in [0.1, 0.15) is 21.7 Å². The van der Waals surface area contributed by atoms with Crippen LogP contribution >= 0.6 is 0 Å². The number of nitro groups is 1. The predicted octanol–water partition coefficient (Wildman–Crippen LogP) is 2.80. The molecule has 1 aromatic heterocycles. The van der Waals surface area contributed by atoms with Gasteiger partial charge in [0.1, 0.15) is 0 Å². The molecule has 0 saturated heterocycles. The fourth-order valence-electron chi connectivity index (χ4n) is 2.51. The van der Waals surface area contributed by atoms with Gasteiger partial charge in [-0.2, -0.15) is 5.26 Å². The van der Waals surface area contributed by atoms with Gasteiger partial charge in [-0.05, 0) is 30.7 Å². The largest absolute Gasteiger partial charge is 0.321 e. The second kappa shape index (κ2) is 7.45. The van der Waals surface area contributed by atoms with Crippen molar-refractivity contribution in [1.29, 1.82) is 5.26 Å². The summed E-state index contributed by atoms with van der Waals surface area (Å²) in [6.45, 7) is 1.66. The van der Waals surface area contributed by atoms with E-state index < -0.39 is 10.8 Å². The highest BCUT2D eigenvalue weighted by molar-refractivity contribution is 6.03. The van der Waals surface area contributed by atoms with Gasteiger partial charge < -0.3 is 5.32 Å². The number of anilines is 1. The minimum absolute atomic E-state index is 0.0779. The van der Waals surface area contributed by atoms with E-state index in [9.17, 15) is 14.9 Å². The molecule has 3 aromatic rings. The summed E-state index contributed by atoms with van der Waals surface area (Å²) in [5.74, 6) is -0.447. The number of aromatic nitrogens is 3. The molecule has 0 unspecified atom stereocenters. The summed E-state index contributed by atoms with van der Waals surface area (Å²) in [4.78, 5) is 22.9. The van der Waals surface area contributed by atoms with E-state index in [-0.39, 0.29) is 11.4 Å². The van der Waals surface area contributed by atoms with Gasteiger partial charge in [0.05, 0.1) is 28.8 Å². The van der Waals surface area contributed by atoms with Crippen molar-refractivity contribution in [3.8, 4) is 11.8 Å². The standard InChI is InChI=1S/C18H14N6O3/c1-12-17(18(25)20-14-7-5-13(6-8-14)9-10-19)21-22-23(12)15-3-2-4-16(11-15)24(26)27/h2-8,11H,9H2,1H3,(H,20,25). The summed E-state index contributed by atoms with van der Waals surface area (Å²) in [5.41, 5.74) is 2.34. The van der Waals surface area contributed by atoms with E-state index in [1.165, 1.54) is 22.9 Å². The van der Waals surface area contributed by atoms with Crippen LogP contribution in [0.3, 0.4) is 0 Å². The Bertz CT molecular complexity index is 1050. The van der Waals surface area contributed by atoms with Crippen molar-refractivity contribution in [3.63, 3.8) is 0 Å². The number of hydrogen-bond acceptors (Lipinski definition) is 6. The van der Waals surface area contributed by atoms with Crippen LogP contribution in [0.25, 0.3) is 5.69 Å². The molecule has 0 fully saturated rings. The normalized spacial score (nSPS) is 10.2. The molecule has 0 radical (unpaired) electrons. The Hall–Kier alpha value is -4.06. The summed E-state index contributed by atoms with van der Waals surface area (Å²) in [5, 5.41) is 30.2. The highest BCUT2D eigenvalue weighted by atomic mass is 16.6. The first-order valence-corrected chi connectivity index (χ1v) is 7.94. The average Bonchev–Trinajstić information content (AvgIpc) is 3.05. The molecule has 0 aliphatic carbocycles. The maximum atomic E-state index is 12.5. The molecule has 27 heavy (non-hydrogen) atoms. The Morgan fingerprint density at radius 2 is 2.04 bits per heavy atom. The van der Waals surface area contributed by atoms with Crippen molar-refractivity contribution in [2.24, 2.45) is 0 Å². The Labute approximate surface area is 154 Å². The van der Waals surface area contributed by atoms with Crippen molar-refractivity contribution in [2.75, 3.05) is 5.32 Å². The van der Waals surface area contributed by atoms with Crippen molar-refractivity contribution in [2.45, 2.75) is 13.3 Å². The molecule has 9 nitrogen and oxygen atoms in total. The van der Waals surface area contributed by atoms with E-state index in [0.717, 1.165) is 5.56 Å². The van der Waals surface area contributed by atoms with Crippen molar-refractivity contribution < 1.29 is 9.72 Å². The van der Waals surface area contributed by atoms with E-state index in [0.29, 0.717) is 23.5 Å². The first-order valence-electron chi connectivity index (χ1n) is 7.94. The third-order valence-corrected chi connectivity index (χ3v) is 3.89. The molecule has 9 heteroatoms. The molecular weight excluding hydrogens is 348 g/mol. The zero-order chi connectivity index (χ0) is 19.4. The molecule has 1 N–H and O–H groups in total. The van der Waals surface area contributed by atoms with Gasteiger partial charge in [0.2, 0.25) is 0 Å². The Morgan fingerprint density at radius 1 is 1.30 bits per heavy atom. The lowest BCUT2D eigenvalue weighted by Gasteiger charge is -2.05. The van der Waals surface area contributed by atoms with Gasteiger partial charge in [-0.15, -0.1) is 5.10 Å². The van der Waals surface area contributed by atoms with E-state index in [2.05, 4.69) is 21.7 Å². The molecule has 0 saturated carbocycles. The molecule has 1 amide bonds. The van der Waals surface area contributed by atoms with E-state index in [1.807, 2.05) is 0 Å². The van der Waals surface area contributed by atoms with Crippen LogP contribution < -0.4 is 5.32 Å². The lowest BCUT2D eigenvalue weighted by atomic mass is 10.1. The highest BCUT2D eigenvalue weighted by Gasteiger charge is 2.18. The van der Waals surface area contributed by atoms with Crippen LogP contribution in [0.15, 0.2) is 48.5 Å². The molecule has 134 valence electrons. The summed E-state index contributed by atoms with van der Waals surface area (Å²) in [6, 6.07) is 14.9. The summed E-state index contributed by atoms with van der Waals surface area (Å²) in [6.07, 6.45) is 0.297. The van der Waals surface area contributed by atoms with Crippen molar-refractivity contribution >= 4 is 17.3 Å².